The first-order valence-corrected chi connectivity index (χ1v) is 20.8. The van der Waals surface area contributed by atoms with Crippen LogP contribution in [0, 0.1) is 5.41 Å². The number of Topliss-reactive ketones (excluding diaryl/α,β-unsaturated/α-hetero) is 1. The molecule has 0 spiro atoms. The number of carbonyl (C=O) groups is 4. The van der Waals surface area contributed by atoms with Crippen LogP contribution in [0.4, 0.5) is 5.82 Å². The van der Waals surface area contributed by atoms with Gasteiger partial charge in [-0.1, -0.05) is 25.6 Å². The summed E-state index contributed by atoms with van der Waals surface area (Å²) in [7, 11) is -17.3. The van der Waals surface area contributed by atoms with E-state index in [2.05, 4.69) is 43.5 Å². The van der Waals surface area contributed by atoms with Crippen LogP contribution in [0.3, 0.4) is 0 Å². The average Bonchev–Trinajstić information content (AvgIpc) is 3.60. The Morgan fingerprint density at radius 1 is 1.00 bits per heavy atom. The second-order valence-corrected chi connectivity index (χ2v) is 17.4. The molecule has 1 saturated heterocycles. The van der Waals surface area contributed by atoms with Gasteiger partial charge in [0.1, 0.15) is 42.0 Å². The fraction of sp³-hybridized carbons (Fsp3) is 0.640. The van der Waals surface area contributed by atoms with Crippen LogP contribution in [0.1, 0.15) is 39.8 Å². The minimum atomic E-state index is -5.90. The van der Waals surface area contributed by atoms with Gasteiger partial charge in [-0.25, -0.2) is 19.3 Å². The van der Waals surface area contributed by atoms with Crippen LogP contribution in [0.25, 0.3) is 11.2 Å². The molecule has 336 valence electrons. The van der Waals surface area contributed by atoms with Crippen molar-refractivity contribution in [3.63, 3.8) is 0 Å². The predicted molar refractivity (Wildman–Crippen MR) is 190 cm³/mol. The van der Waals surface area contributed by atoms with Gasteiger partial charge in [-0.05, 0) is 6.92 Å². The molecule has 1 fully saturated rings. The number of aromatic nitrogens is 4. The molecule has 0 aliphatic carbocycles. The molecule has 2 aromatic rings. The summed E-state index contributed by atoms with van der Waals surface area (Å²) in [4.78, 5) is 104. The fourth-order valence-electron chi connectivity index (χ4n) is 4.53. The van der Waals surface area contributed by atoms with Crippen molar-refractivity contribution in [3.8, 4) is 0 Å². The van der Waals surface area contributed by atoms with Crippen molar-refractivity contribution in [2.75, 3.05) is 37.8 Å². The molecule has 0 saturated carbocycles. The number of nitrogens with two attached hydrogens (primary N) is 1. The first-order chi connectivity index (χ1) is 24.9. The van der Waals surface area contributed by atoms with E-state index in [0.717, 1.165) is 29.0 Å². The van der Waals surface area contributed by atoms with E-state index in [1.807, 2.05) is 0 Å². The Balaban J connectivity index is -0.00000149. The number of amides is 2. The summed E-state index contributed by atoms with van der Waals surface area (Å²) in [6.07, 6.45) is -7.72. The fourth-order valence-corrected chi connectivity index (χ4v) is 8.01. The third-order valence-electron chi connectivity index (χ3n) is 7.14. The van der Waals surface area contributed by atoms with Gasteiger partial charge in [0.15, 0.2) is 22.8 Å². The van der Waals surface area contributed by atoms with Crippen LogP contribution >= 0.6 is 35.2 Å². The van der Waals surface area contributed by atoms with Gasteiger partial charge in [0.2, 0.25) is 11.8 Å². The van der Waals surface area contributed by atoms with Crippen molar-refractivity contribution in [1.82, 2.24) is 30.2 Å². The van der Waals surface area contributed by atoms with Gasteiger partial charge >= 0.3 is 88.7 Å². The van der Waals surface area contributed by atoms with E-state index in [1.54, 1.807) is 0 Å². The van der Waals surface area contributed by atoms with E-state index in [0.29, 0.717) is 0 Å². The molecule has 0 bridgehead atoms. The molecule has 29 nitrogen and oxygen atoms in total. The van der Waals surface area contributed by atoms with Crippen LogP contribution in [-0.2, 0) is 55.5 Å². The Morgan fingerprint density at radius 3 is 2.16 bits per heavy atom. The second kappa shape index (κ2) is 30.4. The molecule has 3 heterocycles. The molecule has 0 aromatic carbocycles. The third-order valence-corrected chi connectivity index (χ3v) is 11.0. The number of thioether (sulfide) groups is 1. The molecule has 2 amide bonds. The van der Waals surface area contributed by atoms with E-state index in [9.17, 15) is 62.7 Å². The van der Waals surface area contributed by atoms with Gasteiger partial charge in [-0.3, -0.25) is 37.4 Å². The summed E-state index contributed by atoms with van der Waals surface area (Å²) in [5.41, 5.74) is 4.07. The standard InChI is InChI=1S/C25H40N7O18P3S.3Na.4H2O/c1-13(33)8-16(35)54-7-6-27-15(34)4-5-28-23(38)20(37)25(2,3)10-47-53(44,45)50-52(42,43)46-9-14-19(49-51(39,40)41)18(36)24(48-14)32-12-31-17-21(26)29-11-30-22(17)32;;;;;;;/h11-12,14,18-20,24,36-37H,4-10H2,1-3H3,(H,27,34)(H,28,38)(H,42,43)(H,44,45)(H2,26,29,30)(H2,39,40,41);;;;4*1H2/q;3*+1;;;;/p-3/t14-,18-,19-,20+,24-;;;;;;;/m1......./s1. The summed E-state index contributed by atoms with van der Waals surface area (Å²) in [6.45, 7) is 1.22. The van der Waals surface area contributed by atoms with Crippen molar-refractivity contribution in [1.29, 1.82) is 0 Å². The maximum Gasteiger partial charge on any atom is 1.00 e. The number of nitrogens with one attached hydrogen (secondary N) is 2. The Morgan fingerprint density at radius 2 is 1.59 bits per heavy atom. The number of anilines is 1. The van der Waals surface area contributed by atoms with E-state index >= 15 is 0 Å². The predicted octanol–water partition coefficient (Wildman–Crippen LogP) is -15.5. The van der Waals surface area contributed by atoms with Gasteiger partial charge in [-0.15, -0.1) is 0 Å². The first kappa shape index (κ1) is 70.1. The Hall–Kier alpha value is 0.0700. The molecule has 15 N–H and O–H groups in total. The number of aliphatic hydroxyl groups is 2. The van der Waals surface area contributed by atoms with Crippen molar-refractivity contribution in [2.24, 2.45) is 5.41 Å². The molecule has 1 aliphatic heterocycles. The van der Waals surface area contributed by atoms with Crippen molar-refractivity contribution < 1.29 is 196 Å². The number of ketones is 1. The summed E-state index contributed by atoms with van der Waals surface area (Å²) in [5.74, 6) is -1.70. The van der Waals surface area contributed by atoms with Gasteiger partial charge in [-0.2, -0.15) is 0 Å². The number of phosphoric ester groups is 3. The molecule has 3 rings (SSSR count). The zero-order chi connectivity index (χ0) is 40.6. The van der Waals surface area contributed by atoms with Crippen LogP contribution in [0.2, 0.25) is 0 Å². The third kappa shape index (κ3) is 22.9. The van der Waals surface area contributed by atoms with Crippen molar-refractivity contribution in [2.45, 2.75) is 64.3 Å². The SMILES string of the molecule is CC(=O)CC(=O)SCCNC(=O)CCNC(=O)[C@H](O)C(C)(C)COP(=O)([O-])OP(=O)([O-])OC[C@H]1O[C@@H](n2cnc3c(N)ncnc32)[C@H](O)[C@@H]1OP(=O)([O-])O.O.O.O.O.[Na+].[Na+].[Na+]. The molecule has 2 aromatic heterocycles. The monoisotopic (exact) mass is 989 g/mol. The Bertz CT molecular complexity index is 1850. The van der Waals surface area contributed by atoms with E-state index in [4.69, 9.17) is 10.5 Å². The molecule has 3 unspecified atom stereocenters. The number of nitrogen functional groups attached to an aromatic ring is 1. The molecule has 1 aliphatic rings. The number of hydrogen-bond acceptors (Lipinski definition) is 22. The van der Waals surface area contributed by atoms with Crippen LogP contribution in [-0.4, -0.2) is 136 Å². The summed E-state index contributed by atoms with van der Waals surface area (Å²) in [6, 6.07) is 0. The number of nitrogens with zero attached hydrogens (tertiary/aromatic N) is 4. The maximum atomic E-state index is 12.5. The minimum Gasteiger partial charge on any atom is -0.756 e. The molecular formula is C25H45N7Na3O22P3S. The van der Waals surface area contributed by atoms with Crippen LogP contribution in [0.15, 0.2) is 12.7 Å². The number of hydrogen-bond donors (Lipinski definition) is 6. The van der Waals surface area contributed by atoms with Crippen LogP contribution in [0.5, 0.6) is 0 Å². The largest absolute Gasteiger partial charge is 1.00 e. The molecule has 36 heteroatoms. The van der Waals surface area contributed by atoms with Gasteiger partial charge < -0.3 is 86.4 Å². The number of phosphoric acid groups is 3. The second-order valence-electron chi connectivity index (χ2n) is 12.1. The zero-order valence-electron chi connectivity index (χ0n) is 33.6. The van der Waals surface area contributed by atoms with E-state index in [1.165, 1.54) is 20.8 Å². The van der Waals surface area contributed by atoms with E-state index in [-0.39, 0.29) is 170 Å². The molecule has 8 atom stereocenters. The number of fused-ring (bicyclic) bond motifs is 1. The zero-order valence-corrected chi connectivity index (χ0v) is 43.1. The quantitative estimate of drug-likeness (QED) is 0.0293. The molecule has 0 radical (unpaired) electrons. The number of ether oxygens (including phenoxy) is 1. The summed E-state index contributed by atoms with van der Waals surface area (Å²) >= 11 is 0.868. The molecule has 61 heavy (non-hydrogen) atoms. The van der Waals surface area contributed by atoms with Gasteiger partial charge in [0.25, 0.3) is 23.5 Å². The van der Waals surface area contributed by atoms with Gasteiger partial charge in [0, 0.05) is 30.7 Å². The minimum absolute atomic E-state index is 0. The smallest absolute Gasteiger partial charge is 0.756 e. The van der Waals surface area contributed by atoms with Gasteiger partial charge in [0.05, 0.1) is 26.0 Å². The topological polar surface area (TPSA) is 515 Å². The number of rotatable bonds is 21. The number of carbonyl (C=O) groups excluding carboxylic acids is 4. The van der Waals surface area contributed by atoms with Crippen LogP contribution < -0.4 is 120 Å². The average molecular weight is 990 g/mol. The number of aliphatic hydroxyl groups excluding tert-OH is 2. The maximum absolute atomic E-state index is 12.5. The number of imidazole rings is 1. The van der Waals surface area contributed by atoms with Crippen molar-refractivity contribution >= 4 is 74.9 Å². The Kier molecular flexibility index (Phi) is 34.9. The first-order valence-electron chi connectivity index (χ1n) is 15.4. The molecular weight excluding hydrogens is 944 g/mol. The summed E-state index contributed by atoms with van der Waals surface area (Å²) in [5, 5.41) is 25.7. The van der Waals surface area contributed by atoms with Crippen molar-refractivity contribution in [3.05, 3.63) is 12.7 Å². The normalized spacial score (nSPS) is 20.2. The summed E-state index contributed by atoms with van der Waals surface area (Å²) < 4.78 is 60.6. The Labute approximate surface area is 417 Å². The van der Waals surface area contributed by atoms with E-state index < -0.39 is 84.6 Å².